The number of carbonyl (C=O) groups excluding carboxylic acids is 3. The molecule has 2 amide bonds. The molecule has 4 N–H and O–H groups in total. The number of nitrogens with one attached hydrogen (secondary N) is 2. The molecule has 0 aromatic heterocycles. The van der Waals surface area contributed by atoms with Gasteiger partial charge < -0.3 is 25.6 Å². The van der Waals surface area contributed by atoms with Crippen LogP contribution in [0.15, 0.2) is 97.2 Å². The van der Waals surface area contributed by atoms with Gasteiger partial charge in [-0.25, -0.2) is 4.79 Å². The third kappa shape index (κ3) is 34.8. The van der Waals surface area contributed by atoms with E-state index in [0.29, 0.717) is 12.8 Å². The Morgan fingerprint density at radius 1 is 0.574 bits per heavy atom. The van der Waals surface area contributed by atoms with Crippen molar-refractivity contribution >= 4 is 23.8 Å². The summed E-state index contributed by atoms with van der Waals surface area (Å²) in [6.45, 7) is 3.20. The van der Waals surface area contributed by atoms with Gasteiger partial charge >= 0.3 is 11.9 Å². The zero-order valence-corrected chi connectivity index (χ0v) is 33.2. The number of carbonyl (C=O) groups is 4. The SMILES string of the molecule is CC/C=C\C/C=C\C/C=C\C/C=C\CCCCC(=O)OC(/C=C\C/C=C\C/C=C\C/C=C\CC)CCCCCCCC(=O)NCC(=O)NC(CO)C(=O)O. The van der Waals surface area contributed by atoms with Crippen molar-refractivity contribution in [1.29, 1.82) is 0 Å². The van der Waals surface area contributed by atoms with Gasteiger partial charge in [0.2, 0.25) is 11.8 Å². The smallest absolute Gasteiger partial charge is 0.328 e. The van der Waals surface area contributed by atoms with Crippen LogP contribution in [0.1, 0.15) is 136 Å². The molecule has 2 unspecified atom stereocenters. The minimum Gasteiger partial charge on any atom is -0.480 e. The molecule has 2 atom stereocenters. The Balaban J connectivity index is 4.54. The van der Waals surface area contributed by atoms with Gasteiger partial charge in [0.25, 0.3) is 0 Å². The van der Waals surface area contributed by atoms with Gasteiger partial charge in [-0.05, 0) is 96.0 Å². The molecule has 54 heavy (non-hydrogen) atoms. The molecule has 302 valence electrons. The van der Waals surface area contributed by atoms with Gasteiger partial charge in [-0.1, -0.05) is 124 Å². The summed E-state index contributed by atoms with van der Waals surface area (Å²) in [4.78, 5) is 47.4. The van der Waals surface area contributed by atoms with E-state index in [1.165, 1.54) is 0 Å². The van der Waals surface area contributed by atoms with Crippen LogP contribution < -0.4 is 10.6 Å². The lowest BCUT2D eigenvalue weighted by atomic mass is 10.1. The fraction of sp³-hybridized carbons (Fsp3) is 0.556. The van der Waals surface area contributed by atoms with E-state index in [1.807, 2.05) is 6.08 Å². The molecular weight excluding hydrogens is 681 g/mol. The molecule has 0 saturated heterocycles. The third-order valence-corrected chi connectivity index (χ3v) is 8.06. The third-order valence-electron chi connectivity index (χ3n) is 8.06. The van der Waals surface area contributed by atoms with Crippen molar-refractivity contribution in [1.82, 2.24) is 10.6 Å². The van der Waals surface area contributed by atoms with Crippen LogP contribution in [0.25, 0.3) is 0 Å². The molecular formula is C45H70N2O7. The number of aliphatic carboxylic acids is 1. The zero-order chi connectivity index (χ0) is 39.7. The van der Waals surface area contributed by atoms with E-state index in [0.717, 1.165) is 103 Å². The maximum Gasteiger partial charge on any atom is 0.328 e. The quantitative estimate of drug-likeness (QED) is 0.0292. The molecule has 0 aliphatic carbocycles. The van der Waals surface area contributed by atoms with Crippen LogP contribution in [0.3, 0.4) is 0 Å². The molecule has 0 aliphatic heterocycles. The molecule has 9 nitrogen and oxygen atoms in total. The van der Waals surface area contributed by atoms with Crippen molar-refractivity contribution in [3.63, 3.8) is 0 Å². The van der Waals surface area contributed by atoms with E-state index in [1.54, 1.807) is 0 Å². The standard InChI is InChI=1S/C45H70N2O7/c1-3-5-7-9-11-13-15-16-17-18-20-22-24-29-33-37-44(51)54-40(34-30-26-23-21-19-14-12-10-8-6-4-2)35-31-27-25-28-32-36-42(49)46-38-43(50)47-41(39-48)45(52)53/h5-8,11-14,16-17,20-23,30,34,40-41,48H,3-4,9-10,15,18-19,24-29,31-33,35-39H2,1-2H3,(H,46,49)(H,47,50)(H,52,53)/b7-5-,8-6-,13-11-,14-12-,17-16-,22-20-,23-21-,34-30-. The molecule has 0 fully saturated rings. The fourth-order valence-electron chi connectivity index (χ4n) is 5.02. The summed E-state index contributed by atoms with van der Waals surface area (Å²) in [6, 6.07) is -1.40. The number of unbranched alkanes of at least 4 members (excludes halogenated alkanes) is 6. The number of rotatable bonds is 34. The molecule has 0 aromatic carbocycles. The van der Waals surface area contributed by atoms with Gasteiger partial charge in [-0.3, -0.25) is 14.4 Å². The van der Waals surface area contributed by atoms with Gasteiger partial charge in [-0.15, -0.1) is 0 Å². The molecule has 0 bridgehead atoms. The van der Waals surface area contributed by atoms with Gasteiger partial charge in [0.1, 0.15) is 12.1 Å². The Morgan fingerprint density at radius 3 is 1.59 bits per heavy atom. The van der Waals surface area contributed by atoms with Crippen LogP contribution in [-0.4, -0.2) is 59.3 Å². The average Bonchev–Trinajstić information content (AvgIpc) is 3.15. The minimum absolute atomic E-state index is 0.165. The first-order chi connectivity index (χ1) is 26.3. The monoisotopic (exact) mass is 751 g/mol. The lowest BCUT2D eigenvalue weighted by molar-refractivity contribution is -0.147. The first kappa shape index (κ1) is 49.8. The molecule has 0 rings (SSSR count). The second-order valence-electron chi connectivity index (χ2n) is 13.0. The lowest BCUT2D eigenvalue weighted by Gasteiger charge is -2.14. The van der Waals surface area contributed by atoms with E-state index in [9.17, 15) is 19.2 Å². The van der Waals surface area contributed by atoms with E-state index in [2.05, 4.69) is 116 Å². The van der Waals surface area contributed by atoms with E-state index >= 15 is 0 Å². The molecule has 0 radical (unpaired) electrons. The summed E-state index contributed by atoms with van der Waals surface area (Å²) in [5, 5.41) is 22.5. The highest BCUT2D eigenvalue weighted by Crippen LogP contribution is 2.14. The number of aliphatic hydroxyl groups is 1. The van der Waals surface area contributed by atoms with Crippen LogP contribution in [0.5, 0.6) is 0 Å². The van der Waals surface area contributed by atoms with Crippen LogP contribution in [0, 0.1) is 0 Å². The molecule has 9 heteroatoms. The number of aliphatic hydroxyl groups excluding tert-OH is 1. The molecule has 0 saturated carbocycles. The molecule has 0 aromatic rings. The number of carboxylic acid groups (broad SMARTS) is 1. The molecule has 0 heterocycles. The predicted molar refractivity (Wildman–Crippen MR) is 222 cm³/mol. The minimum atomic E-state index is -1.40. The Bertz CT molecular complexity index is 1230. The van der Waals surface area contributed by atoms with E-state index in [-0.39, 0.29) is 30.9 Å². The van der Waals surface area contributed by atoms with Gasteiger partial charge in [0, 0.05) is 12.8 Å². The number of hydrogen-bond acceptors (Lipinski definition) is 6. The highest BCUT2D eigenvalue weighted by atomic mass is 16.5. The summed E-state index contributed by atoms with van der Waals surface area (Å²) >= 11 is 0. The second-order valence-corrected chi connectivity index (χ2v) is 13.0. The van der Waals surface area contributed by atoms with Crippen molar-refractivity contribution in [2.75, 3.05) is 13.2 Å². The largest absolute Gasteiger partial charge is 0.480 e. The summed E-state index contributed by atoms with van der Waals surface area (Å²) in [5.74, 6) is -2.47. The van der Waals surface area contributed by atoms with Crippen LogP contribution in [0.4, 0.5) is 0 Å². The van der Waals surface area contributed by atoms with Crippen molar-refractivity contribution in [2.45, 2.75) is 148 Å². The average molecular weight is 751 g/mol. The maximum atomic E-state index is 12.7. The highest BCUT2D eigenvalue weighted by Gasteiger charge is 2.18. The van der Waals surface area contributed by atoms with Crippen LogP contribution in [0.2, 0.25) is 0 Å². The number of allylic oxidation sites excluding steroid dienone is 15. The highest BCUT2D eigenvalue weighted by molar-refractivity contribution is 5.87. The Morgan fingerprint density at radius 2 is 1.06 bits per heavy atom. The lowest BCUT2D eigenvalue weighted by Crippen LogP contribution is -2.47. The fourth-order valence-corrected chi connectivity index (χ4v) is 5.02. The van der Waals surface area contributed by atoms with Gasteiger partial charge in [0.15, 0.2) is 0 Å². The van der Waals surface area contributed by atoms with Crippen molar-refractivity contribution < 1.29 is 34.1 Å². The van der Waals surface area contributed by atoms with E-state index in [4.69, 9.17) is 14.9 Å². The molecule has 0 spiro atoms. The van der Waals surface area contributed by atoms with E-state index < -0.39 is 24.5 Å². The number of hydrogen-bond donors (Lipinski definition) is 4. The number of esters is 1. The predicted octanol–water partition coefficient (Wildman–Crippen LogP) is 9.48. The van der Waals surface area contributed by atoms with Crippen molar-refractivity contribution in [3.05, 3.63) is 97.2 Å². The van der Waals surface area contributed by atoms with Crippen LogP contribution in [-0.2, 0) is 23.9 Å². The second kappa shape index (κ2) is 38.5. The summed E-state index contributed by atoms with van der Waals surface area (Å²) < 4.78 is 5.88. The topological polar surface area (TPSA) is 142 Å². The number of amides is 2. The number of ether oxygens (including phenoxy) is 1. The van der Waals surface area contributed by atoms with Crippen LogP contribution >= 0.6 is 0 Å². The zero-order valence-electron chi connectivity index (χ0n) is 33.2. The first-order valence-electron chi connectivity index (χ1n) is 20.1. The maximum absolute atomic E-state index is 12.7. The summed E-state index contributed by atoms with van der Waals surface area (Å²) in [5.41, 5.74) is 0. The number of carboxylic acids is 1. The Hall–Kier alpha value is -4.24. The van der Waals surface area contributed by atoms with Crippen molar-refractivity contribution in [2.24, 2.45) is 0 Å². The first-order valence-corrected chi connectivity index (χ1v) is 20.1. The summed E-state index contributed by atoms with van der Waals surface area (Å²) in [7, 11) is 0. The Kier molecular flexibility index (Phi) is 35.5. The summed E-state index contributed by atoms with van der Waals surface area (Å²) in [6.07, 6.45) is 50.2. The van der Waals surface area contributed by atoms with Gasteiger partial charge in [-0.2, -0.15) is 0 Å². The normalized spacial score (nSPS) is 13.5. The van der Waals surface area contributed by atoms with Crippen molar-refractivity contribution in [3.8, 4) is 0 Å². The molecule has 0 aliphatic rings. The Labute approximate surface area is 326 Å². The van der Waals surface area contributed by atoms with Gasteiger partial charge in [0.05, 0.1) is 13.2 Å².